The van der Waals surface area contributed by atoms with Gasteiger partial charge in [0.15, 0.2) is 10.4 Å². The van der Waals surface area contributed by atoms with E-state index in [-0.39, 0.29) is 0 Å². The molecule has 6 nitrogen and oxygen atoms in total. The number of oxazole rings is 1. The third-order valence-electron chi connectivity index (χ3n) is 3.52. The van der Waals surface area contributed by atoms with Crippen molar-refractivity contribution in [2.75, 3.05) is 0 Å². The van der Waals surface area contributed by atoms with Crippen LogP contribution in [0.4, 0.5) is 0 Å². The highest BCUT2D eigenvalue weighted by atomic mass is 32.1. The third-order valence-corrected chi connectivity index (χ3v) is 3.85. The van der Waals surface area contributed by atoms with Gasteiger partial charge in [-0.1, -0.05) is 6.92 Å². The Balaban J connectivity index is 2.13. The summed E-state index contributed by atoms with van der Waals surface area (Å²) in [5, 5.41) is 4.50. The average molecular weight is 291 g/mol. The van der Waals surface area contributed by atoms with E-state index in [9.17, 15) is 0 Å². The fraction of sp³-hybridized carbons (Fsp3) is 0.462. The summed E-state index contributed by atoms with van der Waals surface area (Å²) in [5.74, 6) is 1.51. The number of hydrogen-bond donors (Lipinski definition) is 1. The number of aryl methyl sites for hydroxylation is 4. The molecule has 3 rings (SSSR count). The Morgan fingerprint density at radius 1 is 1.35 bits per heavy atom. The van der Waals surface area contributed by atoms with Crippen LogP contribution in [0.15, 0.2) is 4.42 Å². The number of rotatable bonds is 3. The first-order valence-corrected chi connectivity index (χ1v) is 6.99. The molecule has 106 valence electrons. The van der Waals surface area contributed by atoms with Crippen LogP contribution in [0.2, 0.25) is 0 Å². The predicted octanol–water partition coefficient (Wildman–Crippen LogP) is 2.65. The van der Waals surface area contributed by atoms with E-state index in [0.29, 0.717) is 17.2 Å². The van der Waals surface area contributed by atoms with Crippen molar-refractivity contribution in [3.63, 3.8) is 0 Å². The van der Waals surface area contributed by atoms with E-state index >= 15 is 0 Å². The molecule has 3 aromatic rings. The minimum Gasteiger partial charge on any atom is -0.444 e. The maximum absolute atomic E-state index is 5.64. The summed E-state index contributed by atoms with van der Waals surface area (Å²) < 4.78 is 10.1. The maximum Gasteiger partial charge on any atom is 0.214 e. The standard InChI is InChI=1S/C13H17N5OS/c1-5-9-11-12(17(4)16-9)18(13(20)15-11)6-10-14-7(2)8(3)19-10/h5-6H2,1-4H3,(H,15,20). The molecule has 0 radical (unpaired) electrons. The lowest BCUT2D eigenvalue weighted by molar-refractivity contribution is 0.456. The highest BCUT2D eigenvalue weighted by Gasteiger charge is 2.16. The van der Waals surface area contributed by atoms with Gasteiger partial charge in [-0.05, 0) is 32.5 Å². The summed E-state index contributed by atoms with van der Waals surface area (Å²) in [7, 11) is 1.92. The average Bonchev–Trinajstić information content (AvgIpc) is 2.98. The SMILES string of the molecule is CCc1nn(C)c2c1[nH]c(=S)n2Cc1nc(C)c(C)o1. The molecule has 20 heavy (non-hydrogen) atoms. The zero-order chi connectivity index (χ0) is 14.4. The van der Waals surface area contributed by atoms with Crippen molar-refractivity contribution in [1.82, 2.24) is 24.3 Å². The Kier molecular flexibility index (Phi) is 3.01. The van der Waals surface area contributed by atoms with Crippen molar-refractivity contribution in [3.8, 4) is 0 Å². The quantitative estimate of drug-likeness (QED) is 0.753. The van der Waals surface area contributed by atoms with Crippen LogP contribution in [0.3, 0.4) is 0 Å². The van der Waals surface area contributed by atoms with Crippen molar-refractivity contribution in [1.29, 1.82) is 0 Å². The molecule has 0 aromatic carbocycles. The molecule has 0 aliphatic carbocycles. The van der Waals surface area contributed by atoms with Crippen LogP contribution in [0.25, 0.3) is 11.2 Å². The Morgan fingerprint density at radius 2 is 2.10 bits per heavy atom. The normalized spacial score (nSPS) is 11.6. The molecule has 0 amide bonds. The minimum absolute atomic E-state index is 0.510. The molecule has 0 fully saturated rings. The number of aromatic amines is 1. The van der Waals surface area contributed by atoms with Crippen molar-refractivity contribution in [2.45, 2.75) is 33.7 Å². The first kappa shape index (κ1) is 13.1. The van der Waals surface area contributed by atoms with Gasteiger partial charge in [-0.15, -0.1) is 0 Å². The fourth-order valence-electron chi connectivity index (χ4n) is 2.41. The van der Waals surface area contributed by atoms with Crippen LogP contribution in [-0.2, 0) is 20.0 Å². The number of imidazole rings is 1. The first-order valence-electron chi connectivity index (χ1n) is 6.58. The van der Waals surface area contributed by atoms with Crippen molar-refractivity contribution in [3.05, 3.63) is 27.8 Å². The lowest BCUT2D eigenvalue weighted by atomic mass is 10.3. The zero-order valence-corrected chi connectivity index (χ0v) is 12.8. The van der Waals surface area contributed by atoms with Gasteiger partial charge in [0.1, 0.15) is 17.8 Å². The molecule has 0 saturated heterocycles. The van der Waals surface area contributed by atoms with Gasteiger partial charge >= 0.3 is 0 Å². The Labute approximate surface area is 121 Å². The summed E-state index contributed by atoms with van der Waals surface area (Å²) >= 11 is 5.41. The molecule has 0 aliphatic rings. The predicted molar refractivity (Wildman–Crippen MR) is 78.3 cm³/mol. The molecular formula is C13H17N5OS. The molecule has 0 saturated carbocycles. The largest absolute Gasteiger partial charge is 0.444 e. The minimum atomic E-state index is 0.510. The summed E-state index contributed by atoms with van der Waals surface area (Å²) in [4.78, 5) is 7.65. The molecular weight excluding hydrogens is 274 g/mol. The Hall–Kier alpha value is -1.89. The molecule has 3 aromatic heterocycles. The Morgan fingerprint density at radius 3 is 2.70 bits per heavy atom. The fourth-order valence-corrected chi connectivity index (χ4v) is 2.67. The van der Waals surface area contributed by atoms with Crippen LogP contribution < -0.4 is 0 Å². The highest BCUT2D eigenvalue weighted by Crippen LogP contribution is 2.20. The second-order valence-corrected chi connectivity index (χ2v) is 5.27. The number of aromatic nitrogens is 5. The van der Waals surface area contributed by atoms with E-state index < -0.39 is 0 Å². The number of nitrogens with zero attached hydrogens (tertiary/aromatic N) is 4. The van der Waals surface area contributed by atoms with E-state index in [4.69, 9.17) is 16.6 Å². The van der Waals surface area contributed by atoms with Crippen LogP contribution >= 0.6 is 12.2 Å². The van der Waals surface area contributed by atoms with Gasteiger partial charge in [0.25, 0.3) is 0 Å². The van der Waals surface area contributed by atoms with Gasteiger partial charge in [0.05, 0.1) is 11.4 Å². The topological polar surface area (TPSA) is 64.6 Å². The third kappa shape index (κ3) is 1.89. The number of fused-ring (bicyclic) bond motifs is 1. The van der Waals surface area contributed by atoms with Gasteiger partial charge in [-0.2, -0.15) is 5.10 Å². The van der Waals surface area contributed by atoms with E-state index in [0.717, 1.165) is 34.7 Å². The smallest absolute Gasteiger partial charge is 0.214 e. The van der Waals surface area contributed by atoms with Crippen LogP contribution in [-0.4, -0.2) is 24.3 Å². The number of nitrogens with one attached hydrogen (secondary N) is 1. The summed E-state index contributed by atoms with van der Waals surface area (Å²) in [5.41, 5.74) is 3.91. The van der Waals surface area contributed by atoms with Gasteiger partial charge in [-0.3, -0.25) is 9.25 Å². The van der Waals surface area contributed by atoms with E-state index in [2.05, 4.69) is 22.0 Å². The van der Waals surface area contributed by atoms with E-state index in [1.165, 1.54) is 0 Å². The van der Waals surface area contributed by atoms with Gasteiger partial charge in [0.2, 0.25) is 5.89 Å². The van der Waals surface area contributed by atoms with Gasteiger partial charge in [0, 0.05) is 7.05 Å². The molecule has 3 heterocycles. The molecule has 0 unspecified atom stereocenters. The van der Waals surface area contributed by atoms with Gasteiger partial charge < -0.3 is 9.40 Å². The number of H-pyrrole nitrogens is 1. The van der Waals surface area contributed by atoms with Crippen LogP contribution in [0, 0.1) is 18.6 Å². The molecule has 0 spiro atoms. The monoisotopic (exact) mass is 291 g/mol. The Bertz CT molecular complexity index is 816. The summed E-state index contributed by atoms with van der Waals surface area (Å²) in [6, 6.07) is 0. The van der Waals surface area contributed by atoms with Crippen molar-refractivity contribution >= 4 is 23.4 Å². The second-order valence-electron chi connectivity index (χ2n) is 4.89. The zero-order valence-electron chi connectivity index (χ0n) is 12.0. The highest BCUT2D eigenvalue weighted by molar-refractivity contribution is 7.71. The molecule has 0 aliphatic heterocycles. The van der Waals surface area contributed by atoms with E-state index in [1.54, 1.807) is 0 Å². The van der Waals surface area contributed by atoms with Crippen molar-refractivity contribution < 1.29 is 4.42 Å². The lowest BCUT2D eigenvalue weighted by Gasteiger charge is -2.01. The maximum atomic E-state index is 5.64. The van der Waals surface area contributed by atoms with Crippen LogP contribution in [0.1, 0.15) is 30.0 Å². The number of hydrogen-bond acceptors (Lipinski definition) is 4. The molecule has 1 N–H and O–H groups in total. The lowest BCUT2D eigenvalue weighted by Crippen LogP contribution is -2.04. The molecule has 0 atom stereocenters. The molecule has 7 heteroatoms. The molecule has 0 bridgehead atoms. The second kappa shape index (κ2) is 4.59. The summed E-state index contributed by atoms with van der Waals surface area (Å²) in [6.07, 6.45) is 0.865. The van der Waals surface area contributed by atoms with Gasteiger partial charge in [-0.25, -0.2) is 4.98 Å². The van der Waals surface area contributed by atoms with E-state index in [1.807, 2.05) is 30.1 Å². The van der Waals surface area contributed by atoms with Crippen LogP contribution in [0.5, 0.6) is 0 Å². The first-order chi connectivity index (χ1) is 9.51. The van der Waals surface area contributed by atoms with Crippen molar-refractivity contribution in [2.24, 2.45) is 7.05 Å². The summed E-state index contributed by atoms with van der Waals surface area (Å²) in [6.45, 7) is 6.44.